The van der Waals surface area contributed by atoms with Crippen molar-refractivity contribution in [2.75, 3.05) is 25.2 Å². The maximum atomic E-state index is 12.1. The molecule has 1 N–H and O–H groups in total. The quantitative estimate of drug-likeness (QED) is 0.534. The highest BCUT2D eigenvalue weighted by molar-refractivity contribution is 7.90. The lowest BCUT2D eigenvalue weighted by atomic mass is 9.88. The van der Waals surface area contributed by atoms with Gasteiger partial charge in [0.15, 0.2) is 0 Å². The van der Waals surface area contributed by atoms with Crippen LogP contribution in [-0.4, -0.2) is 45.1 Å². The summed E-state index contributed by atoms with van der Waals surface area (Å²) in [5.74, 6) is -0.169. The Morgan fingerprint density at radius 1 is 0.926 bits per heavy atom. The molecule has 0 heterocycles. The highest BCUT2D eigenvalue weighted by atomic mass is 32.2. The second kappa shape index (κ2) is 18.7. The fourth-order valence-corrected chi connectivity index (χ4v) is 2.43. The van der Waals surface area contributed by atoms with E-state index in [4.69, 9.17) is 4.74 Å². The Morgan fingerprint density at radius 2 is 1.37 bits per heavy atom. The van der Waals surface area contributed by atoms with Crippen molar-refractivity contribution in [2.45, 2.75) is 101 Å². The Balaban J connectivity index is -0.000000397. The van der Waals surface area contributed by atoms with Gasteiger partial charge in [0.2, 0.25) is 5.91 Å². The summed E-state index contributed by atoms with van der Waals surface area (Å²) in [5, 5.41) is 2.68. The normalized spacial score (nSPS) is 11.0. The van der Waals surface area contributed by atoms with Crippen LogP contribution >= 0.6 is 0 Å². The number of ether oxygens (including phenoxy) is 1. The predicted octanol–water partition coefficient (Wildman–Crippen LogP) is 5.24. The lowest BCUT2D eigenvalue weighted by Gasteiger charge is -2.28. The highest BCUT2D eigenvalue weighted by Crippen LogP contribution is 2.23. The van der Waals surface area contributed by atoms with E-state index in [-0.39, 0.29) is 23.8 Å². The van der Waals surface area contributed by atoms with Crippen molar-refractivity contribution in [3.8, 4) is 0 Å². The van der Waals surface area contributed by atoms with Crippen LogP contribution in [0.4, 0.5) is 0 Å². The summed E-state index contributed by atoms with van der Waals surface area (Å²) in [6, 6.07) is 0. The number of amides is 1. The molecule has 0 atom stereocenters. The van der Waals surface area contributed by atoms with Crippen LogP contribution in [0.3, 0.4) is 0 Å². The lowest BCUT2D eigenvalue weighted by Crippen LogP contribution is -2.40. The van der Waals surface area contributed by atoms with Crippen molar-refractivity contribution >= 4 is 15.7 Å². The first-order valence-corrected chi connectivity index (χ1v) is 12.6. The number of rotatable bonds is 10. The van der Waals surface area contributed by atoms with E-state index in [9.17, 15) is 13.2 Å². The van der Waals surface area contributed by atoms with Gasteiger partial charge in [-0.2, -0.15) is 0 Å². The monoisotopic (exact) mass is 411 g/mol. The lowest BCUT2D eigenvalue weighted by molar-refractivity contribution is -0.131. The minimum absolute atomic E-state index is 0.0329. The molecule has 0 aliphatic heterocycles. The third-order valence-corrected chi connectivity index (χ3v) is 4.39. The molecule has 0 aromatic heterocycles. The summed E-state index contributed by atoms with van der Waals surface area (Å²) >= 11 is 0. The number of nitrogens with one attached hydrogen (secondary N) is 1. The first-order valence-electron chi connectivity index (χ1n) is 10.5. The van der Waals surface area contributed by atoms with Crippen LogP contribution in [0.25, 0.3) is 0 Å². The molecular weight excluding hydrogens is 362 g/mol. The maximum absolute atomic E-state index is 12.1. The standard InChI is InChI=1S/C15H31NO4S.3C2H6/c1-7-8-15(4,5)20-11-9-14(2,3)13(17)16-10-12-21(6,18)19;3*1-2/h7-12H2,1-6H3,(H,16,17);3*1-2H3. The van der Waals surface area contributed by atoms with Crippen LogP contribution in [0.5, 0.6) is 0 Å². The van der Waals surface area contributed by atoms with Crippen LogP contribution in [0.1, 0.15) is 95.4 Å². The molecule has 0 bridgehead atoms. The SMILES string of the molecule is CC.CC.CC.CCCC(C)(C)OCCC(C)(C)C(=O)NCCS(C)(=O)=O. The molecule has 1 amide bonds. The van der Waals surface area contributed by atoms with Gasteiger partial charge in [-0.15, -0.1) is 0 Å². The molecule has 0 aliphatic rings. The number of hydrogen-bond donors (Lipinski definition) is 1. The molecular formula is C21H49NO4S. The average Bonchev–Trinajstić information content (AvgIpc) is 2.58. The van der Waals surface area contributed by atoms with Gasteiger partial charge in [0, 0.05) is 24.8 Å². The van der Waals surface area contributed by atoms with E-state index >= 15 is 0 Å². The summed E-state index contributed by atoms with van der Waals surface area (Å²) in [4.78, 5) is 12.1. The molecule has 0 aromatic carbocycles. The number of hydrogen-bond acceptors (Lipinski definition) is 4. The molecule has 6 heteroatoms. The Kier molecular flexibility index (Phi) is 23.5. The minimum Gasteiger partial charge on any atom is -0.376 e. The first kappa shape index (κ1) is 33.9. The average molecular weight is 412 g/mol. The third kappa shape index (κ3) is 23.3. The van der Waals surface area contributed by atoms with E-state index in [2.05, 4.69) is 26.1 Å². The van der Waals surface area contributed by atoms with Crippen molar-refractivity contribution in [3.05, 3.63) is 0 Å². The van der Waals surface area contributed by atoms with Crippen molar-refractivity contribution < 1.29 is 17.9 Å². The van der Waals surface area contributed by atoms with E-state index in [1.54, 1.807) is 0 Å². The molecule has 0 rings (SSSR count). The first-order chi connectivity index (χ1) is 12.4. The predicted molar refractivity (Wildman–Crippen MR) is 120 cm³/mol. The molecule has 0 aromatic rings. The van der Waals surface area contributed by atoms with E-state index in [0.29, 0.717) is 13.0 Å². The zero-order chi connectivity index (χ0) is 22.7. The van der Waals surface area contributed by atoms with Gasteiger partial charge in [-0.1, -0.05) is 68.7 Å². The van der Waals surface area contributed by atoms with Crippen molar-refractivity contribution in [3.63, 3.8) is 0 Å². The largest absolute Gasteiger partial charge is 0.376 e. The molecule has 0 spiro atoms. The topological polar surface area (TPSA) is 72.5 Å². The van der Waals surface area contributed by atoms with E-state index < -0.39 is 15.3 Å². The summed E-state index contributed by atoms with van der Waals surface area (Å²) in [5.41, 5.74) is -0.739. The molecule has 0 aliphatic carbocycles. The van der Waals surface area contributed by atoms with Gasteiger partial charge in [-0.25, -0.2) is 8.42 Å². The van der Waals surface area contributed by atoms with E-state index in [1.807, 2.05) is 55.4 Å². The van der Waals surface area contributed by atoms with Crippen LogP contribution in [0.15, 0.2) is 0 Å². The van der Waals surface area contributed by atoms with Crippen LogP contribution < -0.4 is 5.32 Å². The summed E-state index contributed by atoms with van der Waals surface area (Å²) in [7, 11) is -3.05. The van der Waals surface area contributed by atoms with E-state index in [1.165, 1.54) is 0 Å². The zero-order valence-corrected chi connectivity index (χ0v) is 21.1. The number of carbonyl (C=O) groups excluding carboxylic acids is 1. The summed E-state index contributed by atoms with van der Waals surface area (Å²) in [6.07, 6.45) is 3.80. The van der Waals surface area contributed by atoms with E-state index in [0.717, 1.165) is 19.1 Å². The fraction of sp³-hybridized carbons (Fsp3) is 0.952. The Morgan fingerprint density at radius 3 is 1.74 bits per heavy atom. The highest BCUT2D eigenvalue weighted by Gasteiger charge is 2.28. The van der Waals surface area contributed by atoms with Gasteiger partial charge in [-0.3, -0.25) is 4.79 Å². The third-order valence-electron chi connectivity index (χ3n) is 3.45. The van der Waals surface area contributed by atoms with Crippen LogP contribution in [0, 0.1) is 5.41 Å². The van der Waals surface area contributed by atoms with Crippen molar-refractivity contribution in [2.24, 2.45) is 5.41 Å². The van der Waals surface area contributed by atoms with Crippen molar-refractivity contribution in [1.29, 1.82) is 0 Å². The number of sulfone groups is 1. The maximum Gasteiger partial charge on any atom is 0.225 e. The second-order valence-corrected chi connectivity index (χ2v) is 9.14. The van der Waals surface area contributed by atoms with Gasteiger partial charge in [0.1, 0.15) is 9.84 Å². The van der Waals surface area contributed by atoms with Gasteiger partial charge in [0.25, 0.3) is 0 Å². The molecule has 5 nitrogen and oxygen atoms in total. The van der Waals surface area contributed by atoms with Gasteiger partial charge in [0.05, 0.1) is 11.4 Å². The molecule has 0 unspecified atom stereocenters. The Labute approximate surface area is 171 Å². The fourth-order valence-electron chi connectivity index (χ4n) is 1.96. The molecule has 27 heavy (non-hydrogen) atoms. The van der Waals surface area contributed by atoms with Crippen LogP contribution in [-0.2, 0) is 19.4 Å². The summed E-state index contributed by atoms with van der Waals surface area (Å²) in [6.45, 7) is 22.6. The molecule has 0 fully saturated rings. The molecule has 0 saturated carbocycles. The van der Waals surface area contributed by atoms with Gasteiger partial charge in [-0.05, 0) is 26.7 Å². The van der Waals surface area contributed by atoms with Crippen LogP contribution in [0.2, 0.25) is 0 Å². The smallest absolute Gasteiger partial charge is 0.225 e. The molecule has 0 radical (unpaired) electrons. The Hall–Kier alpha value is -0.620. The molecule has 0 saturated heterocycles. The summed E-state index contributed by atoms with van der Waals surface area (Å²) < 4.78 is 27.9. The van der Waals surface area contributed by atoms with Gasteiger partial charge < -0.3 is 10.1 Å². The zero-order valence-electron chi connectivity index (χ0n) is 20.3. The Bertz CT molecular complexity index is 429. The van der Waals surface area contributed by atoms with Gasteiger partial charge >= 0.3 is 0 Å². The minimum atomic E-state index is -3.05. The second-order valence-electron chi connectivity index (χ2n) is 6.88. The van der Waals surface area contributed by atoms with Crippen molar-refractivity contribution in [1.82, 2.24) is 5.32 Å². The molecule has 168 valence electrons. The number of carbonyl (C=O) groups is 1.